The van der Waals surface area contributed by atoms with Gasteiger partial charge in [0.05, 0.1) is 36.1 Å². The minimum atomic E-state index is -0.515. The number of carbonyl (C=O) groups is 1. The van der Waals surface area contributed by atoms with E-state index in [1.807, 2.05) is 0 Å². The molecule has 0 amide bonds. The van der Waals surface area contributed by atoms with Gasteiger partial charge >= 0.3 is 5.97 Å². The summed E-state index contributed by atoms with van der Waals surface area (Å²) in [6.45, 7) is 0. The van der Waals surface area contributed by atoms with Crippen LogP contribution in [-0.2, 0) is 4.74 Å². The molecule has 6 nitrogen and oxygen atoms in total. The van der Waals surface area contributed by atoms with Crippen molar-refractivity contribution in [3.05, 3.63) is 48.3 Å². The van der Waals surface area contributed by atoms with Gasteiger partial charge in [-0.1, -0.05) is 0 Å². The Balaban J connectivity index is 2.16. The molecule has 0 N–H and O–H groups in total. The van der Waals surface area contributed by atoms with E-state index in [9.17, 15) is 9.18 Å². The Morgan fingerprint density at radius 1 is 1.25 bits per heavy atom. The molecule has 100 valence electrons. The molecule has 0 fully saturated rings. The van der Waals surface area contributed by atoms with Crippen LogP contribution in [-0.4, -0.2) is 32.6 Å². The van der Waals surface area contributed by atoms with Gasteiger partial charge in [0.15, 0.2) is 5.82 Å². The van der Waals surface area contributed by atoms with Crippen LogP contribution in [0, 0.1) is 5.82 Å². The number of hydrogen-bond acceptors (Lipinski definition) is 5. The zero-order valence-corrected chi connectivity index (χ0v) is 10.4. The average molecular weight is 272 g/mol. The molecule has 0 bridgehead atoms. The second-order valence-corrected chi connectivity index (χ2v) is 4.01. The number of methoxy groups -OCH3 is 1. The molecule has 3 rings (SSSR count). The minimum absolute atomic E-state index is 0.296. The summed E-state index contributed by atoms with van der Waals surface area (Å²) < 4.78 is 19.1. The molecule has 0 unspecified atom stereocenters. The lowest BCUT2D eigenvalue weighted by atomic mass is 10.2. The molecule has 3 aromatic rings. The van der Waals surface area contributed by atoms with Crippen LogP contribution in [0.25, 0.3) is 17.0 Å². The summed E-state index contributed by atoms with van der Waals surface area (Å²) in [6, 6.07) is 3.38. The summed E-state index contributed by atoms with van der Waals surface area (Å²) in [7, 11) is 1.30. The van der Waals surface area contributed by atoms with Crippen molar-refractivity contribution in [2.75, 3.05) is 7.11 Å². The Hall–Kier alpha value is -2.83. The third-order valence-corrected chi connectivity index (χ3v) is 2.78. The lowest BCUT2D eigenvalue weighted by Crippen LogP contribution is -2.04. The minimum Gasteiger partial charge on any atom is -0.465 e. The van der Waals surface area contributed by atoms with Gasteiger partial charge in [-0.2, -0.15) is 0 Å². The molecule has 0 atom stereocenters. The second kappa shape index (κ2) is 4.69. The van der Waals surface area contributed by atoms with Crippen molar-refractivity contribution in [1.29, 1.82) is 0 Å². The van der Waals surface area contributed by atoms with Gasteiger partial charge in [0.1, 0.15) is 0 Å². The number of carbonyl (C=O) groups excluding carboxylic acids is 1. The van der Waals surface area contributed by atoms with Crippen molar-refractivity contribution in [1.82, 2.24) is 19.5 Å². The molecule has 0 aromatic carbocycles. The summed E-state index contributed by atoms with van der Waals surface area (Å²) in [5.74, 6) is -0.698. The number of rotatable bonds is 2. The van der Waals surface area contributed by atoms with Crippen molar-refractivity contribution in [2.24, 2.45) is 0 Å². The van der Waals surface area contributed by atoms with E-state index in [1.54, 1.807) is 22.9 Å². The summed E-state index contributed by atoms with van der Waals surface area (Å²) in [6.07, 6.45) is 5.29. The number of aromatic nitrogens is 4. The fourth-order valence-corrected chi connectivity index (χ4v) is 1.84. The number of halogens is 1. The van der Waals surface area contributed by atoms with E-state index in [1.165, 1.54) is 13.3 Å². The molecule has 0 aliphatic carbocycles. The maximum atomic E-state index is 12.9. The predicted molar refractivity (Wildman–Crippen MR) is 68.0 cm³/mol. The van der Waals surface area contributed by atoms with E-state index >= 15 is 0 Å². The molecule has 3 heterocycles. The predicted octanol–water partition coefficient (Wildman–Crippen LogP) is 1.74. The van der Waals surface area contributed by atoms with Gasteiger partial charge in [-0.3, -0.25) is 9.55 Å². The molecule has 0 saturated heterocycles. The monoisotopic (exact) mass is 272 g/mol. The highest BCUT2D eigenvalue weighted by Gasteiger charge is 2.11. The molecule has 7 heteroatoms. The van der Waals surface area contributed by atoms with Gasteiger partial charge in [-0.05, 0) is 12.1 Å². The van der Waals surface area contributed by atoms with Gasteiger partial charge in [0.25, 0.3) is 0 Å². The van der Waals surface area contributed by atoms with Crippen LogP contribution in [0.15, 0.2) is 36.9 Å². The first-order valence-corrected chi connectivity index (χ1v) is 5.72. The Morgan fingerprint density at radius 3 is 2.70 bits per heavy atom. The van der Waals surface area contributed by atoms with Gasteiger partial charge < -0.3 is 4.74 Å². The first-order chi connectivity index (χ1) is 9.69. The van der Waals surface area contributed by atoms with Crippen LogP contribution < -0.4 is 0 Å². The van der Waals surface area contributed by atoms with E-state index in [0.717, 1.165) is 12.4 Å². The molecule has 0 aliphatic rings. The summed E-state index contributed by atoms with van der Waals surface area (Å²) in [4.78, 5) is 23.5. The van der Waals surface area contributed by atoms with E-state index < -0.39 is 11.8 Å². The van der Waals surface area contributed by atoms with E-state index in [4.69, 9.17) is 0 Å². The van der Waals surface area contributed by atoms with E-state index in [0.29, 0.717) is 22.5 Å². The van der Waals surface area contributed by atoms with Gasteiger partial charge in [0, 0.05) is 12.4 Å². The Kier molecular flexibility index (Phi) is 2.86. The van der Waals surface area contributed by atoms with Crippen LogP contribution in [0.2, 0.25) is 0 Å². The first kappa shape index (κ1) is 12.2. The molecular formula is C13H9FN4O2. The fourth-order valence-electron chi connectivity index (χ4n) is 1.84. The maximum Gasteiger partial charge on any atom is 0.339 e. The molecule has 0 radical (unpaired) electrons. The van der Waals surface area contributed by atoms with Crippen molar-refractivity contribution >= 4 is 17.0 Å². The van der Waals surface area contributed by atoms with Crippen molar-refractivity contribution < 1.29 is 13.9 Å². The highest BCUT2D eigenvalue weighted by molar-refractivity contribution is 5.93. The molecule has 0 saturated carbocycles. The lowest BCUT2D eigenvalue weighted by Gasteiger charge is -2.04. The standard InChI is InChI=1S/C13H9FN4O2/c1-20-12(19)8-4-11-10(15-5-8)2-3-18(11)13-16-6-9(14)7-17-13/h2-7H,1H3. The third kappa shape index (κ3) is 1.99. The smallest absolute Gasteiger partial charge is 0.339 e. The molecule has 20 heavy (non-hydrogen) atoms. The maximum absolute atomic E-state index is 12.9. The van der Waals surface area contributed by atoms with Gasteiger partial charge in [-0.15, -0.1) is 0 Å². The molecule has 0 aliphatic heterocycles. The Labute approximate surface area is 112 Å². The SMILES string of the molecule is COC(=O)c1cnc2ccn(-c3ncc(F)cn3)c2c1. The first-order valence-electron chi connectivity index (χ1n) is 5.72. The number of fused-ring (bicyclic) bond motifs is 1. The van der Waals surface area contributed by atoms with Crippen molar-refractivity contribution in [2.45, 2.75) is 0 Å². The molecular weight excluding hydrogens is 263 g/mol. The number of hydrogen-bond donors (Lipinski definition) is 0. The second-order valence-electron chi connectivity index (χ2n) is 4.01. The quantitative estimate of drug-likeness (QED) is 0.664. The zero-order valence-electron chi connectivity index (χ0n) is 10.4. The lowest BCUT2D eigenvalue weighted by molar-refractivity contribution is 0.0600. The van der Waals surface area contributed by atoms with Crippen molar-refractivity contribution in [3.63, 3.8) is 0 Å². The van der Waals surface area contributed by atoms with Crippen LogP contribution >= 0.6 is 0 Å². The van der Waals surface area contributed by atoms with Crippen LogP contribution in [0.5, 0.6) is 0 Å². The average Bonchev–Trinajstić information content (AvgIpc) is 2.90. The van der Waals surface area contributed by atoms with E-state index in [-0.39, 0.29) is 0 Å². The van der Waals surface area contributed by atoms with Crippen molar-refractivity contribution in [3.8, 4) is 5.95 Å². The van der Waals surface area contributed by atoms with Gasteiger partial charge in [-0.25, -0.2) is 19.2 Å². The summed E-state index contributed by atoms with van der Waals surface area (Å²) >= 11 is 0. The Morgan fingerprint density at radius 2 is 2.00 bits per heavy atom. The number of esters is 1. The fraction of sp³-hybridized carbons (Fsp3) is 0.0769. The topological polar surface area (TPSA) is 69.9 Å². The zero-order chi connectivity index (χ0) is 14.1. The molecule has 0 spiro atoms. The molecule has 3 aromatic heterocycles. The number of nitrogens with zero attached hydrogens (tertiary/aromatic N) is 4. The summed E-state index contributed by atoms with van der Waals surface area (Å²) in [5, 5.41) is 0. The third-order valence-electron chi connectivity index (χ3n) is 2.78. The highest BCUT2D eigenvalue weighted by Crippen LogP contribution is 2.18. The number of pyridine rings is 1. The number of ether oxygens (including phenoxy) is 1. The van der Waals surface area contributed by atoms with E-state index in [2.05, 4.69) is 19.7 Å². The largest absolute Gasteiger partial charge is 0.465 e. The normalized spacial score (nSPS) is 10.7. The summed E-state index contributed by atoms with van der Waals surface area (Å²) in [5.41, 5.74) is 1.63. The van der Waals surface area contributed by atoms with Crippen LogP contribution in [0.1, 0.15) is 10.4 Å². The van der Waals surface area contributed by atoms with Crippen LogP contribution in [0.4, 0.5) is 4.39 Å². The highest BCUT2D eigenvalue weighted by atomic mass is 19.1. The van der Waals surface area contributed by atoms with Gasteiger partial charge in [0.2, 0.25) is 5.95 Å². The van der Waals surface area contributed by atoms with Crippen LogP contribution in [0.3, 0.4) is 0 Å². The Bertz CT molecular complexity index is 783.